The van der Waals surface area contributed by atoms with Gasteiger partial charge < -0.3 is 15.1 Å². The number of anilines is 3. The average Bonchev–Trinajstić information content (AvgIpc) is 3.11. The molecule has 0 amide bonds. The number of likely N-dealkylation sites (N-methyl/N-ethyl adjacent to an activating group) is 1. The number of piperazine rings is 1. The van der Waals surface area contributed by atoms with Gasteiger partial charge in [-0.15, -0.1) is 5.10 Å². The molecule has 2 aromatic heterocycles. The van der Waals surface area contributed by atoms with Crippen LogP contribution in [0.5, 0.6) is 0 Å². The van der Waals surface area contributed by atoms with Crippen LogP contribution in [0.3, 0.4) is 0 Å². The average molecular weight is 350 g/mol. The normalized spacial score (nSPS) is 15.2. The van der Waals surface area contributed by atoms with Crippen LogP contribution in [0.15, 0.2) is 43.1 Å². The van der Waals surface area contributed by atoms with Crippen molar-refractivity contribution >= 4 is 17.3 Å². The fourth-order valence-electron chi connectivity index (χ4n) is 3.05. The molecule has 1 fully saturated rings. The molecule has 26 heavy (non-hydrogen) atoms. The Balaban J connectivity index is 1.52. The van der Waals surface area contributed by atoms with Crippen molar-refractivity contribution in [1.29, 1.82) is 0 Å². The van der Waals surface area contributed by atoms with Gasteiger partial charge in [0.15, 0.2) is 5.82 Å². The SMILES string of the molecule is Cc1cc(Nc2ncn(-c3cnccn3)n2)cc(N2CCN(C)CC2)c1. The zero-order chi connectivity index (χ0) is 17.9. The van der Waals surface area contributed by atoms with Gasteiger partial charge >= 0.3 is 0 Å². The lowest BCUT2D eigenvalue weighted by Gasteiger charge is -2.34. The first-order valence-electron chi connectivity index (χ1n) is 8.68. The van der Waals surface area contributed by atoms with E-state index in [1.165, 1.54) is 11.3 Å². The van der Waals surface area contributed by atoms with Crippen LogP contribution >= 0.6 is 0 Å². The van der Waals surface area contributed by atoms with E-state index in [4.69, 9.17) is 0 Å². The van der Waals surface area contributed by atoms with Crippen molar-refractivity contribution in [2.75, 3.05) is 43.4 Å². The van der Waals surface area contributed by atoms with Crippen molar-refractivity contribution in [3.05, 3.63) is 48.7 Å². The highest BCUT2D eigenvalue weighted by atomic mass is 15.4. The van der Waals surface area contributed by atoms with E-state index in [9.17, 15) is 0 Å². The van der Waals surface area contributed by atoms with Gasteiger partial charge in [0.1, 0.15) is 6.33 Å². The Labute approximate surface area is 152 Å². The van der Waals surface area contributed by atoms with Crippen LogP contribution < -0.4 is 10.2 Å². The largest absolute Gasteiger partial charge is 0.369 e. The molecule has 1 aliphatic rings. The maximum atomic E-state index is 4.43. The maximum Gasteiger partial charge on any atom is 0.247 e. The molecular formula is C18H22N8. The van der Waals surface area contributed by atoms with E-state index in [1.807, 2.05) is 0 Å². The predicted octanol–water partition coefficient (Wildman–Crippen LogP) is 1.86. The first-order chi connectivity index (χ1) is 12.7. The monoisotopic (exact) mass is 350 g/mol. The van der Waals surface area contributed by atoms with Crippen LogP contribution in [0.2, 0.25) is 0 Å². The predicted molar refractivity (Wildman–Crippen MR) is 101 cm³/mol. The van der Waals surface area contributed by atoms with E-state index in [2.05, 4.69) is 67.3 Å². The first kappa shape index (κ1) is 16.5. The molecule has 8 heteroatoms. The third-order valence-electron chi connectivity index (χ3n) is 4.46. The minimum absolute atomic E-state index is 0.533. The zero-order valence-electron chi connectivity index (χ0n) is 15.0. The molecule has 0 atom stereocenters. The Hall–Kier alpha value is -3.00. The number of benzene rings is 1. The second kappa shape index (κ2) is 7.09. The summed E-state index contributed by atoms with van der Waals surface area (Å²) in [7, 11) is 2.17. The number of aromatic nitrogens is 5. The maximum absolute atomic E-state index is 4.43. The molecular weight excluding hydrogens is 328 g/mol. The molecule has 1 aliphatic heterocycles. The number of rotatable bonds is 4. The van der Waals surface area contributed by atoms with Crippen molar-refractivity contribution < 1.29 is 0 Å². The van der Waals surface area contributed by atoms with E-state index in [1.54, 1.807) is 29.6 Å². The van der Waals surface area contributed by atoms with Gasteiger partial charge in [0.05, 0.1) is 6.20 Å². The van der Waals surface area contributed by atoms with Crippen LogP contribution in [-0.2, 0) is 0 Å². The highest BCUT2D eigenvalue weighted by Gasteiger charge is 2.15. The van der Waals surface area contributed by atoms with Gasteiger partial charge in [0, 0.05) is 49.9 Å². The van der Waals surface area contributed by atoms with Crippen molar-refractivity contribution in [1.82, 2.24) is 29.6 Å². The van der Waals surface area contributed by atoms with Gasteiger partial charge in [-0.2, -0.15) is 9.67 Å². The van der Waals surface area contributed by atoms with E-state index in [0.29, 0.717) is 11.8 Å². The Bertz CT molecular complexity index is 868. The lowest BCUT2D eigenvalue weighted by atomic mass is 10.1. The Morgan fingerprint density at radius 1 is 1.00 bits per heavy atom. The van der Waals surface area contributed by atoms with Gasteiger partial charge in [-0.05, 0) is 37.7 Å². The summed E-state index contributed by atoms with van der Waals surface area (Å²) in [5, 5.41) is 7.72. The van der Waals surface area contributed by atoms with Crippen molar-refractivity contribution in [3.8, 4) is 5.82 Å². The smallest absolute Gasteiger partial charge is 0.247 e. The molecule has 3 aromatic rings. The van der Waals surface area contributed by atoms with Crippen LogP contribution in [0, 0.1) is 6.92 Å². The molecule has 1 saturated heterocycles. The molecule has 3 heterocycles. The van der Waals surface area contributed by atoms with E-state index >= 15 is 0 Å². The molecule has 0 bridgehead atoms. The summed E-state index contributed by atoms with van der Waals surface area (Å²) in [6, 6.07) is 6.48. The minimum Gasteiger partial charge on any atom is -0.369 e. The summed E-state index contributed by atoms with van der Waals surface area (Å²) in [4.78, 5) is 17.4. The molecule has 0 aliphatic carbocycles. The lowest BCUT2D eigenvalue weighted by Crippen LogP contribution is -2.44. The minimum atomic E-state index is 0.533. The third kappa shape index (κ3) is 3.65. The van der Waals surface area contributed by atoms with Crippen molar-refractivity contribution in [3.63, 3.8) is 0 Å². The number of nitrogens with zero attached hydrogens (tertiary/aromatic N) is 7. The summed E-state index contributed by atoms with van der Waals surface area (Å²) < 4.78 is 1.60. The van der Waals surface area contributed by atoms with Gasteiger partial charge in [0.25, 0.3) is 0 Å². The molecule has 4 rings (SSSR count). The molecule has 0 radical (unpaired) electrons. The summed E-state index contributed by atoms with van der Waals surface area (Å²) >= 11 is 0. The van der Waals surface area contributed by atoms with Crippen LogP contribution in [-0.4, -0.2) is 62.9 Å². The molecule has 0 spiro atoms. The fourth-order valence-corrected chi connectivity index (χ4v) is 3.05. The number of hydrogen-bond donors (Lipinski definition) is 1. The summed E-state index contributed by atoms with van der Waals surface area (Å²) in [6.07, 6.45) is 6.54. The molecule has 0 saturated carbocycles. The highest BCUT2D eigenvalue weighted by Crippen LogP contribution is 2.25. The molecule has 1 aromatic carbocycles. The van der Waals surface area contributed by atoms with Crippen LogP contribution in [0.25, 0.3) is 5.82 Å². The lowest BCUT2D eigenvalue weighted by molar-refractivity contribution is 0.313. The van der Waals surface area contributed by atoms with E-state index in [-0.39, 0.29) is 0 Å². The first-order valence-corrected chi connectivity index (χ1v) is 8.68. The quantitative estimate of drug-likeness (QED) is 0.770. The van der Waals surface area contributed by atoms with Gasteiger partial charge in [-0.3, -0.25) is 4.98 Å². The zero-order valence-corrected chi connectivity index (χ0v) is 15.0. The summed E-state index contributed by atoms with van der Waals surface area (Å²) in [5.74, 6) is 1.17. The summed E-state index contributed by atoms with van der Waals surface area (Å²) in [5.41, 5.74) is 3.42. The number of hydrogen-bond acceptors (Lipinski definition) is 7. The van der Waals surface area contributed by atoms with Crippen LogP contribution in [0.4, 0.5) is 17.3 Å². The van der Waals surface area contributed by atoms with Gasteiger partial charge in [-0.1, -0.05) is 0 Å². The standard InChI is InChI=1S/C18H22N8/c1-14-9-15(11-16(10-14)25-7-5-24(2)6-8-25)22-18-21-13-26(23-18)17-12-19-3-4-20-17/h3-4,9-13H,5-8H2,1-2H3,(H,22,23). The molecule has 8 nitrogen and oxygen atoms in total. The molecule has 0 unspecified atom stereocenters. The van der Waals surface area contributed by atoms with Crippen LogP contribution in [0.1, 0.15) is 5.56 Å². The van der Waals surface area contributed by atoms with Crippen molar-refractivity contribution in [2.24, 2.45) is 0 Å². The van der Waals surface area contributed by atoms with E-state index < -0.39 is 0 Å². The van der Waals surface area contributed by atoms with Gasteiger partial charge in [-0.25, -0.2) is 4.98 Å². The molecule has 134 valence electrons. The fraction of sp³-hybridized carbons (Fsp3) is 0.333. The van der Waals surface area contributed by atoms with Crippen molar-refractivity contribution in [2.45, 2.75) is 6.92 Å². The Morgan fingerprint density at radius 3 is 2.62 bits per heavy atom. The van der Waals surface area contributed by atoms with E-state index in [0.717, 1.165) is 31.9 Å². The molecule has 1 N–H and O–H groups in total. The summed E-state index contributed by atoms with van der Waals surface area (Å²) in [6.45, 7) is 6.36. The highest BCUT2D eigenvalue weighted by molar-refractivity contribution is 5.64. The number of nitrogens with one attached hydrogen (secondary N) is 1. The number of aryl methyl sites for hydroxylation is 1. The topological polar surface area (TPSA) is 75.0 Å². The Morgan fingerprint density at radius 2 is 1.85 bits per heavy atom. The third-order valence-corrected chi connectivity index (χ3v) is 4.46. The second-order valence-electron chi connectivity index (χ2n) is 6.55. The second-order valence-corrected chi connectivity index (χ2v) is 6.55. The Kier molecular flexibility index (Phi) is 4.49. The van der Waals surface area contributed by atoms with Gasteiger partial charge in [0.2, 0.25) is 5.95 Å².